The van der Waals surface area contributed by atoms with Crippen LogP contribution >= 0.6 is 0 Å². The van der Waals surface area contributed by atoms with E-state index in [0.29, 0.717) is 12.1 Å². The second kappa shape index (κ2) is 10.5. The first-order chi connectivity index (χ1) is 11.6. The van der Waals surface area contributed by atoms with Crippen molar-refractivity contribution >= 4 is 11.9 Å². The van der Waals surface area contributed by atoms with E-state index in [2.05, 4.69) is 15.6 Å². The predicted octanol–water partition coefficient (Wildman–Crippen LogP) is 0.748. The Morgan fingerprint density at radius 1 is 1.08 bits per heavy atom. The zero-order chi connectivity index (χ0) is 17.2. The summed E-state index contributed by atoms with van der Waals surface area (Å²) in [4.78, 5) is 17.7. The molecule has 7 nitrogen and oxygen atoms in total. The first-order valence-corrected chi connectivity index (χ1v) is 9.10. The van der Waals surface area contributed by atoms with Gasteiger partial charge in [-0.1, -0.05) is 0 Å². The molecule has 2 atom stereocenters. The van der Waals surface area contributed by atoms with E-state index in [1.807, 2.05) is 0 Å². The lowest BCUT2D eigenvalue weighted by Gasteiger charge is -2.23. The topological polar surface area (TPSA) is 75.2 Å². The molecular formula is C17H32N4O3. The van der Waals surface area contributed by atoms with Crippen LogP contribution < -0.4 is 10.6 Å². The molecule has 2 rings (SSSR count). The molecule has 1 amide bonds. The number of carbonyl (C=O) groups is 1. The average Bonchev–Trinajstić information content (AvgIpc) is 3.10. The number of hydrogen-bond donors (Lipinski definition) is 2. The number of nitrogens with zero attached hydrogens (tertiary/aromatic N) is 2. The summed E-state index contributed by atoms with van der Waals surface area (Å²) in [6.45, 7) is 3.37. The fourth-order valence-electron chi connectivity index (χ4n) is 2.86. The Kier molecular flexibility index (Phi) is 8.32. The van der Waals surface area contributed by atoms with Crippen LogP contribution in [0.5, 0.6) is 0 Å². The van der Waals surface area contributed by atoms with Gasteiger partial charge in [-0.3, -0.25) is 4.79 Å². The molecule has 0 radical (unpaired) electrons. The molecule has 0 bridgehead atoms. The molecule has 138 valence electrons. The molecular weight excluding hydrogens is 308 g/mol. The number of likely N-dealkylation sites (N-methyl/N-ethyl adjacent to an activating group) is 1. The van der Waals surface area contributed by atoms with Gasteiger partial charge in [0.05, 0.1) is 12.2 Å². The fraction of sp³-hybridized carbons (Fsp3) is 0.882. The Labute approximate surface area is 145 Å². The van der Waals surface area contributed by atoms with Crippen LogP contribution in [0.25, 0.3) is 0 Å². The first kappa shape index (κ1) is 19.0. The Balaban J connectivity index is 1.76. The normalized spacial score (nSPS) is 24.7. The van der Waals surface area contributed by atoms with Gasteiger partial charge in [0.2, 0.25) is 5.91 Å². The Bertz CT molecular complexity index is 403. The molecule has 2 aliphatic rings. The summed E-state index contributed by atoms with van der Waals surface area (Å²) in [5.74, 6) is 0.667. The van der Waals surface area contributed by atoms with Crippen molar-refractivity contribution in [3.05, 3.63) is 0 Å². The van der Waals surface area contributed by atoms with Gasteiger partial charge in [0.15, 0.2) is 5.96 Å². The second-order valence-electron chi connectivity index (χ2n) is 6.67. The minimum Gasteiger partial charge on any atom is -0.378 e. The summed E-state index contributed by atoms with van der Waals surface area (Å²) in [5.41, 5.74) is 0. The van der Waals surface area contributed by atoms with E-state index in [-0.39, 0.29) is 18.6 Å². The van der Waals surface area contributed by atoms with Crippen molar-refractivity contribution in [3.8, 4) is 0 Å². The highest BCUT2D eigenvalue weighted by Crippen LogP contribution is 2.14. The van der Waals surface area contributed by atoms with E-state index in [4.69, 9.17) is 9.47 Å². The van der Waals surface area contributed by atoms with E-state index < -0.39 is 0 Å². The third kappa shape index (κ3) is 7.05. The largest absolute Gasteiger partial charge is 0.378 e. The molecule has 0 aliphatic carbocycles. The van der Waals surface area contributed by atoms with Gasteiger partial charge in [-0.05, 0) is 38.5 Å². The fourth-order valence-corrected chi connectivity index (χ4v) is 2.86. The Morgan fingerprint density at radius 3 is 2.50 bits per heavy atom. The summed E-state index contributed by atoms with van der Waals surface area (Å²) in [6.07, 6.45) is 7.29. The van der Waals surface area contributed by atoms with Crippen molar-refractivity contribution in [1.29, 1.82) is 0 Å². The van der Waals surface area contributed by atoms with Crippen LogP contribution in [0, 0.1) is 0 Å². The van der Waals surface area contributed by atoms with Crippen molar-refractivity contribution < 1.29 is 14.3 Å². The van der Waals surface area contributed by atoms with Gasteiger partial charge in [-0.15, -0.1) is 0 Å². The molecule has 2 N–H and O–H groups in total. The van der Waals surface area contributed by atoms with Crippen LogP contribution in [0.1, 0.15) is 38.5 Å². The number of hydrogen-bond acceptors (Lipinski definition) is 4. The summed E-state index contributed by atoms with van der Waals surface area (Å²) in [7, 11) is 3.48. The van der Waals surface area contributed by atoms with Crippen LogP contribution in [0.2, 0.25) is 0 Å². The van der Waals surface area contributed by atoms with Crippen molar-refractivity contribution in [2.24, 2.45) is 4.99 Å². The Morgan fingerprint density at radius 2 is 1.83 bits per heavy atom. The van der Waals surface area contributed by atoms with Crippen molar-refractivity contribution in [2.45, 2.75) is 50.7 Å². The number of guanidine groups is 1. The van der Waals surface area contributed by atoms with Gasteiger partial charge in [0.25, 0.3) is 0 Å². The third-order valence-electron chi connectivity index (χ3n) is 4.43. The second-order valence-corrected chi connectivity index (χ2v) is 6.67. The van der Waals surface area contributed by atoms with E-state index in [0.717, 1.165) is 52.0 Å². The quantitative estimate of drug-likeness (QED) is 0.528. The maximum Gasteiger partial charge on any atom is 0.243 e. The molecule has 2 fully saturated rings. The van der Waals surface area contributed by atoms with Crippen molar-refractivity contribution in [1.82, 2.24) is 15.5 Å². The molecule has 0 aromatic heterocycles. The highest BCUT2D eigenvalue weighted by molar-refractivity contribution is 5.84. The minimum absolute atomic E-state index is 0.0103. The summed E-state index contributed by atoms with van der Waals surface area (Å²) in [5, 5.41) is 6.61. The maximum absolute atomic E-state index is 11.7. The van der Waals surface area contributed by atoms with E-state index in [1.54, 1.807) is 19.0 Å². The lowest BCUT2D eigenvalue weighted by Crippen LogP contribution is -2.43. The van der Waals surface area contributed by atoms with Gasteiger partial charge < -0.3 is 25.0 Å². The molecule has 0 saturated carbocycles. The molecule has 0 aromatic rings. The molecule has 0 spiro atoms. The average molecular weight is 340 g/mol. The summed E-state index contributed by atoms with van der Waals surface area (Å²) >= 11 is 0. The van der Waals surface area contributed by atoms with E-state index >= 15 is 0 Å². The van der Waals surface area contributed by atoms with Gasteiger partial charge in [0, 0.05) is 40.4 Å². The van der Waals surface area contributed by atoms with Crippen LogP contribution in [0.4, 0.5) is 0 Å². The molecule has 2 heterocycles. The zero-order valence-electron chi connectivity index (χ0n) is 15.1. The standard InChI is InChI=1S/C17H32N4O3/c1-21(2)16(22)13-20-17(19-12-15-7-5-11-24-15)18-9-8-14-6-3-4-10-23-14/h14-15H,3-13H2,1-2H3,(H2,18,19,20). The smallest absolute Gasteiger partial charge is 0.243 e. The number of amides is 1. The lowest BCUT2D eigenvalue weighted by atomic mass is 10.1. The monoisotopic (exact) mass is 340 g/mol. The number of ether oxygens (including phenoxy) is 2. The number of rotatable bonds is 7. The third-order valence-corrected chi connectivity index (χ3v) is 4.43. The SMILES string of the molecule is CN(C)C(=O)CN=C(NCCC1CCCCO1)NCC1CCCO1. The minimum atomic E-state index is -0.0103. The molecule has 7 heteroatoms. The van der Waals surface area contributed by atoms with Crippen molar-refractivity contribution in [2.75, 3.05) is 46.9 Å². The first-order valence-electron chi connectivity index (χ1n) is 9.10. The number of aliphatic imine (C=N–C) groups is 1. The lowest BCUT2D eigenvalue weighted by molar-refractivity contribution is -0.127. The molecule has 0 aromatic carbocycles. The maximum atomic E-state index is 11.7. The van der Waals surface area contributed by atoms with Crippen LogP contribution in [0.3, 0.4) is 0 Å². The van der Waals surface area contributed by atoms with Crippen molar-refractivity contribution in [3.63, 3.8) is 0 Å². The zero-order valence-corrected chi connectivity index (χ0v) is 15.1. The summed E-state index contributed by atoms with van der Waals surface area (Å²) < 4.78 is 11.4. The highest BCUT2D eigenvalue weighted by Gasteiger charge is 2.17. The van der Waals surface area contributed by atoms with Crippen LogP contribution in [-0.2, 0) is 14.3 Å². The van der Waals surface area contributed by atoms with Gasteiger partial charge in [-0.2, -0.15) is 0 Å². The van der Waals surface area contributed by atoms with Gasteiger partial charge in [-0.25, -0.2) is 4.99 Å². The van der Waals surface area contributed by atoms with Crippen LogP contribution in [-0.4, -0.2) is 75.9 Å². The van der Waals surface area contributed by atoms with E-state index in [9.17, 15) is 4.79 Å². The predicted molar refractivity (Wildman–Crippen MR) is 94.2 cm³/mol. The number of carbonyl (C=O) groups excluding carboxylic acids is 1. The molecule has 2 unspecified atom stereocenters. The Hall–Kier alpha value is -1.34. The highest BCUT2D eigenvalue weighted by atomic mass is 16.5. The van der Waals surface area contributed by atoms with E-state index in [1.165, 1.54) is 12.8 Å². The van der Waals surface area contributed by atoms with Gasteiger partial charge in [0.1, 0.15) is 6.54 Å². The molecule has 24 heavy (non-hydrogen) atoms. The molecule has 2 aliphatic heterocycles. The van der Waals surface area contributed by atoms with Gasteiger partial charge >= 0.3 is 0 Å². The summed E-state index contributed by atoms with van der Waals surface area (Å²) in [6, 6.07) is 0. The number of nitrogens with one attached hydrogen (secondary N) is 2. The molecule has 2 saturated heterocycles. The van der Waals surface area contributed by atoms with Crippen LogP contribution in [0.15, 0.2) is 4.99 Å².